The molecular weight excluding hydrogens is 731 g/mol. The molecule has 0 aliphatic rings. The van der Waals surface area contributed by atoms with Crippen LogP contribution in [0.5, 0.6) is 0 Å². The molecule has 0 spiro atoms. The summed E-state index contributed by atoms with van der Waals surface area (Å²) in [6, 6.07) is 29.5. The Labute approximate surface area is 283 Å². The summed E-state index contributed by atoms with van der Waals surface area (Å²) in [6.45, 7) is 18.1. The van der Waals surface area contributed by atoms with Crippen LogP contribution in [0, 0.1) is 37.7 Å². The number of carbonyl (C=O) groups excluding carboxylic acids is 1. The van der Waals surface area contributed by atoms with Gasteiger partial charge in [0.15, 0.2) is 5.78 Å². The fourth-order valence-corrected chi connectivity index (χ4v) is 5.26. The summed E-state index contributed by atoms with van der Waals surface area (Å²) in [5.41, 5.74) is 7.59. The van der Waals surface area contributed by atoms with Gasteiger partial charge in [-0.25, -0.2) is 0 Å². The standard InChI is InChI=1S/C28H22N.C13H24O2.Ir/c1-18-15-19(2)17-23(16-18)28-27-22(13-14-29-28)9-10-25-20(3)24(11-12-26(25)27)21-7-5-4-6-8-21;1-7-12(3,4)10(14)9-11(15)13(5,6)8-2;/h4-16H,1-3H3;9,14H,7-8H2,1-6H3;/q-1;;/b;10-9-;. The molecule has 0 aliphatic carbocycles. The maximum absolute atomic E-state index is 11.8. The van der Waals surface area contributed by atoms with Gasteiger partial charge >= 0.3 is 0 Å². The van der Waals surface area contributed by atoms with Crippen LogP contribution in [0.25, 0.3) is 43.9 Å². The van der Waals surface area contributed by atoms with Crippen molar-refractivity contribution >= 4 is 27.3 Å². The van der Waals surface area contributed by atoms with Gasteiger partial charge in [0.2, 0.25) is 0 Å². The predicted octanol–water partition coefficient (Wildman–Crippen LogP) is 11.3. The van der Waals surface area contributed by atoms with Crippen molar-refractivity contribution in [3.8, 4) is 22.4 Å². The molecule has 0 amide bonds. The molecule has 237 valence electrons. The number of ketones is 1. The predicted molar refractivity (Wildman–Crippen MR) is 187 cm³/mol. The second-order valence-corrected chi connectivity index (χ2v) is 13.1. The molecule has 0 saturated carbocycles. The van der Waals surface area contributed by atoms with Crippen molar-refractivity contribution < 1.29 is 30.0 Å². The van der Waals surface area contributed by atoms with Crippen LogP contribution in [-0.2, 0) is 24.9 Å². The number of rotatable bonds is 7. The van der Waals surface area contributed by atoms with Crippen molar-refractivity contribution in [3.63, 3.8) is 0 Å². The molecule has 45 heavy (non-hydrogen) atoms. The summed E-state index contributed by atoms with van der Waals surface area (Å²) in [7, 11) is 0. The second-order valence-electron chi connectivity index (χ2n) is 13.1. The molecule has 5 aromatic rings. The molecule has 0 unspecified atom stereocenters. The van der Waals surface area contributed by atoms with Crippen LogP contribution in [0.4, 0.5) is 0 Å². The normalized spacial score (nSPS) is 12.0. The number of aliphatic hydroxyl groups is 1. The minimum atomic E-state index is -0.377. The Bertz CT molecular complexity index is 1810. The molecule has 5 rings (SSSR count). The number of aryl methyl sites for hydroxylation is 3. The van der Waals surface area contributed by atoms with Crippen molar-refractivity contribution in [1.29, 1.82) is 0 Å². The molecule has 0 aliphatic heterocycles. The van der Waals surface area contributed by atoms with Crippen molar-refractivity contribution in [3.05, 3.63) is 114 Å². The average molecular weight is 777 g/mol. The number of hydrogen-bond acceptors (Lipinski definition) is 3. The van der Waals surface area contributed by atoms with E-state index in [1.54, 1.807) is 0 Å². The first kappa shape index (κ1) is 35.9. The number of hydrogen-bond donors (Lipinski definition) is 1. The summed E-state index contributed by atoms with van der Waals surface area (Å²) >= 11 is 0. The molecular formula is C41H46IrNO2-. The van der Waals surface area contributed by atoms with Crippen LogP contribution in [0.1, 0.15) is 71.1 Å². The van der Waals surface area contributed by atoms with Gasteiger partial charge in [-0.05, 0) is 69.8 Å². The summed E-state index contributed by atoms with van der Waals surface area (Å²) < 4.78 is 0. The quantitative estimate of drug-likeness (QED) is 0.0775. The molecule has 0 saturated heterocycles. The van der Waals surface area contributed by atoms with Crippen LogP contribution >= 0.6 is 0 Å². The van der Waals surface area contributed by atoms with Crippen molar-refractivity contribution in [2.75, 3.05) is 0 Å². The number of allylic oxidation sites excluding steroid dienone is 2. The number of pyridine rings is 1. The van der Waals surface area contributed by atoms with E-state index < -0.39 is 0 Å². The summed E-state index contributed by atoms with van der Waals surface area (Å²) in [5.74, 6) is 0.195. The summed E-state index contributed by atoms with van der Waals surface area (Å²) in [6.07, 6.45) is 4.89. The summed E-state index contributed by atoms with van der Waals surface area (Å²) in [4.78, 5) is 16.6. The van der Waals surface area contributed by atoms with E-state index in [0.29, 0.717) is 0 Å². The molecule has 1 radical (unpaired) electrons. The number of carbonyl (C=O) groups is 1. The molecule has 3 nitrogen and oxygen atoms in total. The second kappa shape index (κ2) is 14.7. The van der Waals surface area contributed by atoms with Gasteiger partial charge < -0.3 is 10.1 Å². The average Bonchev–Trinajstić information content (AvgIpc) is 3.01. The Morgan fingerprint density at radius 3 is 2.11 bits per heavy atom. The van der Waals surface area contributed by atoms with Gasteiger partial charge in [0.1, 0.15) is 5.76 Å². The number of benzene rings is 4. The van der Waals surface area contributed by atoms with Gasteiger partial charge in [-0.2, -0.15) is 0 Å². The van der Waals surface area contributed by atoms with Gasteiger partial charge in [0.05, 0.1) is 0 Å². The van der Waals surface area contributed by atoms with Gasteiger partial charge in [-0.1, -0.05) is 110 Å². The number of aromatic nitrogens is 1. The first-order valence-electron chi connectivity index (χ1n) is 15.6. The fourth-order valence-electron chi connectivity index (χ4n) is 5.26. The molecule has 1 heterocycles. The Morgan fingerprint density at radius 1 is 0.844 bits per heavy atom. The van der Waals surface area contributed by atoms with E-state index in [2.05, 4.69) is 99.6 Å². The first-order chi connectivity index (χ1) is 20.8. The number of nitrogens with zero attached hydrogens (tertiary/aromatic N) is 1. The van der Waals surface area contributed by atoms with E-state index in [9.17, 15) is 9.90 Å². The molecule has 0 fully saturated rings. The Hall–Kier alpha value is -3.59. The Kier molecular flexibility index (Phi) is 11.7. The van der Waals surface area contributed by atoms with Gasteiger partial charge in [0.25, 0.3) is 0 Å². The van der Waals surface area contributed by atoms with E-state index >= 15 is 0 Å². The zero-order valence-electron chi connectivity index (χ0n) is 28.1. The minimum Gasteiger partial charge on any atom is -0.512 e. The zero-order chi connectivity index (χ0) is 32.2. The summed E-state index contributed by atoms with van der Waals surface area (Å²) in [5, 5.41) is 14.8. The number of aliphatic hydroxyl groups excluding tert-OH is 1. The topological polar surface area (TPSA) is 50.2 Å². The van der Waals surface area contributed by atoms with Crippen molar-refractivity contribution in [2.24, 2.45) is 10.8 Å². The van der Waals surface area contributed by atoms with Crippen molar-refractivity contribution in [2.45, 2.75) is 75.2 Å². The van der Waals surface area contributed by atoms with Crippen LogP contribution in [0.2, 0.25) is 0 Å². The van der Waals surface area contributed by atoms with Crippen LogP contribution in [0.15, 0.2) is 90.8 Å². The molecule has 0 bridgehead atoms. The molecule has 1 aromatic heterocycles. The first-order valence-corrected chi connectivity index (χ1v) is 15.6. The molecule has 1 N–H and O–H groups in total. The third-order valence-electron chi connectivity index (χ3n) is 9.08. The van der Waals surface area contributed by atoms with E-state index in [0.717, 1.165) is 29.7 Å². The van der Waals surface area contributed by atoms with E-state index in [-0.39, 0.29) is 42.5 Å². The van der Waals surface area contributed by atoms with E-state index in [1.165, 1.54) is 49.9 Å². The molecule has 0 atom stereocenters. The third-order valence-corrected chi connectivity index (χ3v) is 9.08. The maximum atomic E-state index is 11.8. The number of fused-ring (bicyclic) bond motifs is 3. The maximum Gasteiger partial charge on any atom is 0.164 e. The van der Waals surface area contributed by atoms with Gasteiger partial charge in [-0.3, -0.25) is 4.79 Å². The molecule has 4 aromatic carbocycles. The van der Waals surface area contributed by atoms with E-state index in [4.69, 9.17) is 4.98 Å². The zero-order valence-corrected chi connectivity index (χ0v) is 30.5. The van der Waals surface area contributed by atoms with Crippen molar-refractivity contribution in [1.82, 2.24) is 4.98 Å². The smallest absolute Gasteiger partial charge is 0.164 e. The SMILES string of the molecule is CCC(C)(C)C(=O)/C=C(\O)C(C)(C)CC.Cc1[c-]c(-c2nccc3ccc4c(C)c(-c5ccccc5)ccc4c23)cc(C)c1.[Ir]. The Morgan fingerprint density at radius 2 is 1.49 bits per heavy atom. The van der Waals surface area contributed by atoms with Gasteiger partial charge in [-0.15, -0.1) is 34.9 Å². The Balaban J connectivity index is 0.000000297. The fraction of sp³-hybridized carbons (Fsp3) is 0.317. The monoisotopic (exact) mass is 777 g/mol. The molecule has 4 heteroatoms. The van der Waals surface area contributed by atoms with Gasteiger partial charge in [0, 0.05) is 43.2 Å². The largest absolute Gasteiger partial charge is 0.512 e. The van der Waals surface area contributed by atoms with E-state index in [1.807, 2.05) is 47.7 Å². The van der Waals surface area contributed by atoms with Crippen LogP contribution in [-0.4, -0.2) is 15.9 Å². The third kappa shape index (κ3) is 7.98. The minimum absolute atomic E-state index is 0. The van der Waals surface area contributed by atoms with Crippen LogP contribution in [0.3, 0.4) is 0 Å². The van der Waals surface area contributed by atoms with Crippen LogP contribution < -0.4 is 0 Å².